The van der Waals surface area contributed by atoms with E-state index < -0.39 is 0 Å². The lowest BCUT2D eigenvalue weighted by atomic mass is 9.77. The SMILES string of the molecule is NC1CCC(N2CC3CCC3C2)NC1. The standard InChI is InChI=1S/C11H21N3/c12-10-3-4-11(13-5-10)14-6-8-1-2-9(8)7-14/h8-11,13H,1-7,12H2. The van der Waals surface area contributed by atoms with Crippen LogP contribution in [-0.2, 0) is 0 Å². The van der Waals surface area contributed by atoms with Gasteiger partial charge in [-0.1, -0.05) is 0 Å². The maximum atomic E-state index is 5.88. The normalized spacial score (nSPS) is 48.6. The molecular formula is C11H21N3. The van der Waals surface area contributed by atoms with E-state index in [1.165, 1.54) is 38.8 Å². The first-order valence-corrected chi connectivity index (χ1v) is 6.06. The third-order valence-electron chi connectivity index (χ3n) is 4.38. The molecule has 14 heavy (non-hydrogen) atoms. The van der Waals surface area contributed by atoms with Crippen molar-refractivity contribution >= 4 is 0 Å². The molecule has 0 aromatic heterocycles. The van der Waals surface area contributed by atoms with E-state index in [4.69, 9.17) is 5.73 Å². The van der Waals surface area contributed by atoms with Gasteiger partial charge in [0.15, 0.2) is 0 Å². The first kappa shape index (κ1) is 9.13. The molecule has 3 fully saturated rings. The quantitative estimate of drug-likeness (QED) is 0.635. The molecule has 3 N–H and O–H groups in total. The zero-order valence-corrected chi connectivity index (χ0v) is 8.78. The summed E-state index contributed by atoms with van der Waals surface area (Å²) in [6, 6.07) is 0.394. The summed E-state index contributed by atoms with van der Waals surface area (Å²) in [6.07, 6.45) is 6.05. The molecule has 0 spiro atoms. The van der Waals surface area contributed by atoms with Crippen LogP contribution in [0.2, 0.25) is 0 Å². The number of hydrogen-bond donors (Lipinski definition) is 2. The minimum atomic E-state index is 0.394. The Morgan fingerprint density at radius 1 is 1.00 bits per heavy atom. The Morgan fingerprint density at radius 3 is 2.21 bits per heavy atom. The second-order valence-electron chi connectivity index (χ2n) is 5.31. The van der Waals surface area contributed by atoms with E-state index in [2.05, 4.69) is 10.2 Å². The molecule has 80 valence electrons. The Morgan fingerprint density at radius 2 is 1.71 bits per heavy atom. The topological polar surface area (TPSA) is 41.3 Å². The van der Waals surface area contributed by atoms with Crippen LogP contribution in [0.25, 0.3) is 0 Å². The summed E-state index contributed by atoms with van der Waals surface area (Å²) in [4.78, 5) is 2.66. The fourth-order valence-electron chi connectivity index (χ4n) is 3.23. The molecule has 4 unspecified atom stereocenters. The molecule has 1 saturated carbocycles. The number of nitrogens with one attached hydrogen (secondary N) is 1. The third-order valence-corrected chi connectivity index (χ3v) is 4.38. The van der Waals surface area contributed by atoms with E-state index in [1.807, 2.05) is 0 Å². The molecular weight excluding hydrogens is 174 g/mol. The zero-order chi connectivity index (χ0) is 9.54. The molecule has 0 aromatic carbocycles. The summed E-state index contributed by atoms with van der Waals surface area (Å²) in [5.74, 6) is 2.07. The van der Waals surface area contributed by atoms with Gasteiger partial charge in [0.1, 0.15) is 0 Å². The van der Waals surface area contributed by atoms with Gasteiger partial charge in [-0.25, -0.2) is 0 Å². The molecule has 3 nitrogen and oxygen atoms in total. The molecule has 0 radical (unpaired) electrons. The third kappa shape index (κ3) is 1.47. The first-order chi connectivity index (χ1) is 6.83. The summed E-state index contributed by atoms with van der Waals surface area (Å²) in [6.45, 7) is 3.70. The maximum Gasteiger partial charge on any atom is 0.0598 e. The first-order valence-electron chi connectivity index (χ1n) is 6.06. The summed E-state index contributed by atoms with van der Waals surface area (Å²) >= 11 is 0. The van der Waals surface area contributed by atoms with Gasteiger partial charge in [-0.2, -0.15) is 0 Å². The Hall–Kier alpha value is -0.120. The molecule has 3 heteroatoms. The van der Waals surface area contributed by atoms with Gasteiger partial charge in [0.25, 0.3) is 0 Å². The average molecular weight is 195 g/mol. The number of nitrogens with zero attached hydrogens (tertiary/aromatic N) is 1. The highest BCUT2D eigenvalue weighted by atomic mass is 15.3. The number of rotatable bonds is 1. The number of fused-ring (bicyclic) bond motifs is 1. The van der Waals surface area contributed by atoms with Crippen LogP contribution in [0.15, 0.2) is 0 Å². The summed E-state index contributed by atoms with van der Waals surface area (Å²) in [5, 5.41) is 3.58. The van der Waals surface area contributed by atoms with Gasteiger partial charge in [-0.05, 0) is 37.5 Å². The molecule has 0 aromatic rings. The molecule has 4 atom stereocenters. The van der Waals surface area contributed by atoms with E-state index in [0.717, 1.165) is 18.4 Å². The van der Waals surface area contributed by atoms with Crippen LogP contribution in [0.5, 0.6) is 0 Å². The summed E-state index contributed by atoms with van der Waals surface area (Å²) in [5.41, 5.74) is 5.88. The number of likely N-dealkylation sites (tertiary alicyclic amines) is 1. The van der Waals surface area contributed by atoms with Crippen LogP contribution in [0.1, 0.15) is 25.7 Å². The van der Waals surface area contributed by atoms with Crippen molar-refractivity contribution in [3.05, 3.63) is 0 Å². The van der Waals surface area contributed by atoms with E-state index in [9.17, 15) is 0 Å². The fraction of sp³-hybridized carbons (Fsp3) is 1.00. The van der Waals surface area contributed by atoms with Crippen LogP contribution in [-0.4, -0.2) is 36.7 Å². The van der Waals surface area contributed by atoms with Crippen LogP contribution in [0.4, 0.5) is 0 Å². The number of piperidine rings is 1. The minimum absolute atomic E-state index is 0.394. The second-order valence-corrected chi connectivity index (χ2v) is 5.31. The zero-order valence-electron chi connectivity index (χ0n) is 8.78. The van der Waals surface area contributed by atoms with Gasteiger partial charge >= 0.3 is 0 Å². The molecule has 0 bridgehead atoms. The van der Waals surface area contributed by atoms with Crippen molar-refractivity contribution in [1.82, 2.24) is 10.2 Å². The average Bonchev–Trinajstić information content (AvgIpc) is 2.45. The fourth-order valence-corrected chi connectivity index (χ4v) is 3.23. The van der Waals surface area contributed by atoms with E-state index >= 15 is 0 Å². The van der Waals surface area contributed by atoms with Gasteiger partial charge in [0.05, 0.1) is 6.17 Å². The lowest BCUT2D eigenvalue weighted by Crippen LogP contribution is -2.52. The Labute approximate surface area is 86.0 Å². The predicted octanol–water partition coefficient (Wildman–Crippen LogP) is 0.365. The molecule has 2 saturated heterocycles. The lowest BCUT2D eigenvalue weighted by molar-refractivity contribution is 0.157. The van der Waals surface area contributed by atoms with Gasteiger partial charge < -0.3 is 11.1 Å². The maximum absolute atomic E-state index is 5.88. The van der Waals surface area contributed by atoms with Crippen molar-refractivity contribution in [3.8, 4) is 0 Å². The van der Waals surface area contributed by atoms with Gasteiger partial charge in [0.2, 0.25) is 0 Å². The van der Waals surface area contributed by atoms with Crippen LogP contribution < -0.4 is 11.1 Å². The monoisotopic (exact) mass is 195 g/mol. The summed E-state index contributed by atoms with van der Waals surface area (Å²) in [7, 11) is 0. The van der Waals surface area contributed by atoms with E-state index in [1.54, 1.807) is 0 Å². The van der Waals surface area contributed by atoms with Gasteiger partial charge in [-0.15, -0.1) is 0 Å². The second kappa shape index (κ2) is 3.47. The molecule has 3 aliphatic rings. The lowest BCUT2D eigenvalue weighted by Gasteiger charge is -2.34. The highest BCUT2D eigenvalue weighted by Crippen LogP contribution is 2.41. The van der Waals surface area contributed by atoms with Crippen LogP contribution in [0, 0.1) is 11.8 Å². The Balaban J connectivity index is 1.56. The number of nitrogens with two attached hydrogens (primary N) is 1. The van der Waals surface area contributed by atoms with Crippen LogP contribution >= 0.6 is 0 Å². The molecule has 0 amide bonds. The van der Waals surface area contributed by atoms with Crippen molar-refractivity contribution < 1.29 is 0 Å². The molecule has 2 heterocycles. The van der Waals surface area contributed by atoms with Crippen molar-refractivity contribution in [2.45, 2.75) is 37.9 Å². The van der Waals surface area contributed by atoms with Crippen molar-refractivity contribution in [2.24, 2.45) is 17.6 Å². The smallest absolute Gasteiger partial charge is 0.0598 e. The predicted molar refractivity (Wildman–Crippen MR) is 56.8 cm³/mol. The largest absolute Gasteiger partial charge is 0.327 e. The van der Waals surface area contributed by atoms with Gasteiger partial charge in [0, 0.05) is 25.7 Å². The Kier molecular flexibility index (Phi) is 2.26. The minimum Gasteiger partial charge on any atom is -0.327 e. The van der Waals surface area contributed by atoms with Crippen LogP contribution in [0.3, 0.4) is 0 Å². The van der Waals surface area contributed by atoms with Gasteiger partial charge in [-0.3, -0.25) is 4.90 Å². The summed E-state index contributed by atoms with van der Waals surface area (Å²) < 4.78 is 0. The van der Waals surface area contributed by atoms with Crippen molar-refractivity contribution in [3.63, 3.8) is 0 Å². The number of hydrogen-bond acceptors (Lipinski definition) is 3. The van der Waals surface area contributed by atoms with Crippen molar-refractivity contribution in [1.29, 1.82) is 0 Å². The highest BCUT2D eigenvalue weighted by Gasteiger charge is 2.41. The molecule has 1 aliphatic carbocycles. The highest BCUT2D eigenvalue weighted by molar-refractivity contribution is 4.94. The molecule has 2 aliphatic heterocycles. The van der Waals surface area contributed by atoms with E-state index in [0.29, 0.717) is 12.2 Å². The van der Waals surface area contributed by atoms with Crippen molar-refractivity contribution in [2.75, 3.05) is 19.6 Å². The van der Waals surface area contributed by atoms with E-state index in [-0.39, 0.29) is 0 Å². The Bertz CT molecular complexity index is 199. The molecule has 3 rings (SSSR count).